The number of benzene rings is 2. The highest BCUT2D eigenvalue weighted by molar-refractivity contribution is 7.92. The summed E-state index contributed by atoms with van der Waals surface area (Å²) >= 11 is 0. The summed E-state index contributed by atoms with van der Waals surface area (Å²) in [5.74, 6) is 0.790. The number of sulfonamides is 1. The van der Waals surface area contributed by atoms with Crippen molar-refractivity contribution < 1.29 is 13.2 Å². The van der Waals surface area contributed by atoms with Gasteiger partial charge in [0.25, 0.3) is 10.0 Å². The van der Waals surface area contributed by atoms with Gasteiger partial charge in [0.05, 0.1) is 16.8 Å². The summed E-state index contributed by atoms with van der Waals surface area (Å²) in [4.78, 5) is 8.19. The van der Waals surface area contributed by atoms with Crippen molar-refractivity contribution in [2.24, 2.45) is 0 Å². The highest BCUT2D eigenvalue weighted by Gasteiger charge is 2.17. The van der Waals surface area contributed by atoms with Gasteiger partial charge in [-0.1, -0.05) is 23.8 Å². The van der Waals surface area contributed by atoms with E-state index in [1.807, 2.05) is 13.0 Å². The molecule has 3 rings (SSSR count). The monoisotopic (exact) mass is 355 g/mol. The van der Waals surface area contributed by atoms with Crippen LogP contribution in [0.3, 0.4) is 0 Å². The lowest BCUT2D eigenvalue weighted by atomic mass is 10.2. The first-order valence-electron chi connectivity index (χ1n) is 7.58. The fourth-order valence-corrected chi connectivity index (χ4v) is 3.67. The molecule has 25 heavy (non-hydrogen) atoms. The number of aromatic nitrogens is 2. The summed E-state index contributed by atoms with van der Waals surface area (Å²) in [6, 6.07) is 11.9. The first-order valence-corrected chi connectivity index (χ1v) is 9.06. The zero-order valence-corrected chi connectivity index (χ0v) is 14.6. The first kappa shape index (κ1) is 16.9. The Labute approximate surface area is 146 Å². The van der Waals surface area contributed by atoms with E-state index in [2.05, 4.69) is 14.7 Å². The Hall–Kier alpha value is -2.93. The lowest BCUT2D eigenvalue weighted by Gasteiger charge is -2.12. The first-order chi connectivity index (χ1) is 11.9. The van der Waals surface area contributed by atoms with Gasteiger partial charge in [0, 0.05) is 18.5 Å². The molecule has 1 heterocycles. The zero-order chi connectivity index (χ0) is 17.9. The maximum absolute atomic E-state index is 12.6. The molecule has 6 nitrogen and oxygen atoms in total. The number of nitrogens with one attached hydrogen (secondary N) is 1. The maximum atomic E-state index is 12.6. The molecule has 0 aliphatic carbocycles. The van der Waals surface area contributed by atoms with E-state index in [0.29, 0.717) is 22.9 Å². The van der Waals surface area contributed by atoms with E-state index in [1.165, 1.54) is 12.4 Å². The molecule has 0 spiro atoms. The highest BCUT2D eigenvalue weighted by Crippen LogP contribution is 2.25. The second-order valence-electron chi connectivity index (χ2n) is 5.55. The normalized spacial score (nSPS) is 11.1. The van der Waals surface area contributed by atoms with Gasteiger partial charge in [-0.25, -0.2) is 13.4 Å². The molecule has 0 saturated heterocycles. The molecule has 0 atom stereocenters. The van der Waals surface area contributed by atoms with E-state index in [9.17, 15) is 8.42 Å². The average Bonchev–Trinajstić information content (AvgIpc) is 2.55. The van der Waals surface area contributed by atoms with Crippen LogP contribution in [0.2, 0.25) is 0 Å². The van der Waals surface area contributed by atoms with Gasteiger partial charge in [0.2, 0.25) is 5.88 Å². The Kier molecular flexibility index (Phi) is 4.67. The number of aryl methyl sites for hydroxylation is 2. The van der Waals surface area contributed by atoms with E-state index >= 15 is 0 Å². The fraction of sp³-hybridized carbons (Fsp3) is 0.111. The predicted octanol–water partition coefficient (Wildman–Crippen LogP) is 3.69. The van der Waals surface area contributed by atoms with Crippen LogP contribution < -0.4 is 9.46 Å². The Morgan fingerprint density at radius 2 is 1.88 bits per heavy atom. The Bertz CT molecular complexity index is 989. The number of rotatable bonds is 5. The molecule has 7 heteroatoms. The van der Waals surface area contributed by atoms with Crippen molar-refractivity contribution in [2.45, 2.75) is 18.7 Å². The van der Waals surface area contributed by atoms with Crippen LogP contribution in [0.1, 0.15) is 11.1 Å². The molecular weight excluding hydrogens is 338 g/mol. The summed E-state index contributed by atoms with van der Waals surface area (Å²) in [5.41, 5.74) is 2.11. The molecular formula is C18H17N3O3S. The van der Waals surface area contributed by atoms with Gasteiger partial charge >= 0.3 is 0 Å². The summed E-state index contributed by atoms with van der Waals surface area (Å²) < 4.78 is 33.4. The molecule has 0 unspecified atom stereocenters. The minimum Gasteiger partial charge on any atom is -0.437 e. The summed E-state index contributed by atoms with van der Waals surface area (Å²) in [7, 11) is -3.68. The van der Waals surface area contributed by atoms with Crippen molar-refractivity contribution in [3.8, 4) is 11.6 Å². The quantitative estimate of drug-likeness (QED) is 0.755. The smallest absolute Gasteiger partial charge is 0.262 e. The van der Waals surface area contributed by atoms with E-state index < -0.39 is 10.0 Å². The van der Waals surface area contributed by atoms with Crippen molar-refractivity contribution in [1.82, 2.24) is 9.97 Å². The van der Waals surface area contributed by atoms with Crippen LogP contribution in [0.25, 0.3) is 0 Å². The van der Waals surface area contributed by atoms with Crippen LogP contribution in [0.4, 0.5) is 5.69 Å². The standard InChI is InChI=1S/C18H17N3O3S/c1-13-6-7-17(14(2)10-13)25(22,23)21-15-4-3-5-16(11-15)24-18-12-19-8-9-20-18/h3-12,21H,1-2H3. The van der Waals surface area contributed by atoms with E-state index in [1.54, 1.807) is 49.5 Å². The number of ether oxygens (including phenoxy) is 1. The van der Waals surface area contributed by atoms with Gasteiger partial charge in [-0.3, -0.25) is 9.71 Å². The van der Waals surface area contributed by atoms with Crippen molar-refractivity contribution in [1.29, 1.82) is 0 Å². The third-order valence-corrected chi connectivity index (χ3v) is 5.01. The Morgan fingerprint density at radius 3 is 2.60 bits per heavy atom. The summed E-state index contributed by atoms with van der Waals surface area (Å²) in [5, 5.41) is 0. The molecule has 2 aromatic carbocycles. The predicted molar refractivity (Wildman–Crippen MR) is 95.3 cm³/mol. The van der Waals surface area contributed by atoms with Crippen LogP contribution in [-0.4, -0.2) is 18.4 Å². The minimum atomic E-state index is -3.68. The molecule has 0 aliphatic rings. The second kappa shape index (κ2) is 6.90. The van der Waals surface area contributed by atoms with Gasteiger partial charge in [-0.15, -0.1) is 0 Å². The topological polar surface area (TPSA) is 81.2 Å². The van der Waals surface area contributed by atoms with E-state index in [4.69, 9.17) is 4.74 Å². The molecule has 0 fully saturated rings. The number of hydrogen-bond donors (Lipinski definition) is 1. The van der Waals surface area contributed by atoms with Crippen molar-refractivity contribution in [3.63, 3.8) is 0 Å². The third kappa shape index (κ3) is 4.13. The van der Waals surface area contributed by atoms with E-state index in [0.717, 1.165) is 5.56 Å². The highest BCUT2D eigenvalue weighted by atomic mass is 32.2. The second-order valence-corrected chi connectivity index (χ2v) is 7.20. The fourth-order valence-electron chi connectivity index (χ4n) is 2.39. The van der Waals surface area contributed by atoms with Crippen LogP contribution in [-0.2, 0) is 10.0 Å². The summed E-state index contributed by atoms with van der Waals surface area (Å²) in [6.45, 7) is 3.69. The SMILES string of the molecule is Cc1ccc(S(=O)(=O)Nc2cccc(Oc3cnccn3)c2)c(C)c1. The molecule has 3 aromatic rings. The van der Waals surface area contributed by atoms with Gasteiger partial charge < -0.3 is 4.74 Å². The van der Waals surface area contributed by atoms with Crippen LogP contribution >= 0.6 is 0 Å². The van der Waals surface area contributed by atoms with Crippen molar-refractivity contribution in [3.05, 3.63) is 72.2 Å². The largest absolute Gasteiger partial charge is 0.437 e. The zero-order valence-electron chi connectivity index (χ0n) is 13.8. The van der Waals surface area contributed by atoms with Crippen LogP contribution in [0.5, 0.6) is 11.6 Å². The van der Waals surface area contributed by atoms with Crippen LogP contribution in [0, 0.1) is 13.8 Å². The molecule has 1 aromatic heterocycles. The molecule has 0 aliphatic heterocycles. The molecule has 0 radical (unpaired) electrons. The molecule has 0 amide bonds. The van der Waals surface area contributed by atoms with Crippen LogP contribution in [0.15, 0.2) is 66.0 Å². The lowest BCUT2D eigenvalue weighted by molar-refractivity contribution is 0.460. The van der Waals surface area contributed by atoms with Crippen molar-refractivity contribution >= 4 is 15.7 Å². The van der Waals surface area contributed by atoms with Gasteiger partial charge in [0.15, 0.2) is 0 Å². The average molecular weight is 355 g/mol. The summed E-state index contributed by atoms with van der Waals surface area (Å²) in [6.07, 6.45) is 4.54. The molecule has 0 bridgehead atoms. The molecule has 0 saturated carbocycles. The van der Waals surface area contributed by atoms with E-state index in [-0.39, 0.29) is 4.90 Å². The number of nitrogens with zero attached hydrogens (tertiary/aromatic N) is 2. The maximum Gasteiger partial charge on any atom is 0.262 e. The van der Waals surface area contributed by atoms with Crippen molar-refractivity contribution in [2.75, 3.05) is 4.72 Å². The number of anilines is 1. The third-order valence-electron chi connectivity index (χ3n) is 3.47. The number of hydrogen-bond acceptors (Lipinski definition) is 5. The minimum absolute atomic E-state index is 0.248. The van der Waals surface area contributed by atoms with Gasteiger partial charge in [-0.2, -0.15) is 0 Å². The molecule has 1 N–H and O–H groups in total. The molecule has 128 valence electrons. The Morgan fingerprint density at radius 1 is 1.04 bits per heavy atom. The lowest BCUT2D eigenvalue weighted by Crippen LogP contribution is -2.14. The Balaban J connectivity index is 1.84. The van der Waals surface area contributed by atoms with Gasteiger partial charge in [0.1, 0.15) is 5.75 Å². The van der Waals surface area contributed by atoms with Gasteiger partial charge in [-0.05, 0) is 37.6 Å².